The minimum Gasteiger partial charge on any atom is -0.356 e. The van der Waals surface area contributed by atoms with E-state index in [0.29, 0.717) is 6.54 Å². The maximum Gasteiger partial charge on any atom is 0.206 e. The predicted molar refractivity (Wildman–Crippen MR) is 113 cm³/mol. The molecule has 1 atom stereocenters. The van der Waals surface area contributed by atoms with Gasteiger partial charge in [0.05, 0.1) is 0 Å². The Hall–Kier alpha value is -3.01. The van der Waals surface area contributed by atoms with Gasteiger partial charge in [-0.1, -0.05) is 41.5 Å². The lowest BCUT2D eigenvalue weighted by atomic mass is 10.1. The van der Waals surface area contributed by atoms with E-state index in [2.05, 4.69) is 32.5 Å². The topological polar surface area (TPSA) is 76.7 Å². The van der Waals surface area contributed by atoms with Crippen LogP contribution in [-0.2, 0) is 0 Å². The van der Waals surface area contributed by atoms with E-state index in [1.165, 1.54) is 11.3 Å². The minimum absolute atomic E-state index is 0.0575. The second kappa shape index (κ2) is 9.08. The van der Waals surface area contributed by atoms with Crippen LogP contribution in [0.25, 0.3) is 21.3 Å². The average Bonchev–Trinajstić information content (AvgIpc) is 3.18. The number of hydrogen-bond acceptors (Lipinski definition) is 6. The Labute approximate surface area is 163 Å². The normalized spacial score (nSPS) is 13.0. The monoisotopic (exact) mass is 375 g/mol. The lowest BCUT2D eigenvalue weighted by Gasteiger charge is -2.16. The maximum atomic E-state index is 5.93. The summed E-state index contributed by atoms with van der Waals surface area (Å²) in [7, 11) is 0. The molecule has 136 valence electrons. The van der Waals surface area contributed by atoms with E-state index in [1.807, 2.05) is 43.5 Å². The van der Waals surface area contributed by atoms with Crippen molar-refractivity contribution in [1.82, 2.24) is 15.2 Å². The molecule has 0 aliphatic rings. The molecule has 1 aromatic carbocycles. The van der Waals surface area contributed by atoms with Crippen molar-refractivity contribution in [2.75, 3.05) is 11.9 Å². The molecule has 1 unspecified atom stereocenters. The van der Waals surface area contributed by atoms with Gasteiger partial charge < -0.3 is 11.1 Å². The summed E-state index contributed by atoms with van der Waals surface area (Å²) in [4.78, 5) is 4.14. The number of hydrogen-bond donors (Lipinski definition) is 2. The highest BCUT2D eigenvalue weighted by atomic mass is 32.1. The van der Waals surface area contributed by atoms with Gasteiger partial charge in [0.25, 0.3) is 0 Å². The summed E-state index contributed by atoms with van der Waals surface area (Å²) in [6.07, 6.45) is 15.4. The number of pyridine rings is 1. The van der Waals surface area contributed by atoms with Crippen molar-refractivity contribution >= 4 is 27.2 Å². The number of benzene rings is 1. The molecule has 0 radical (unpaired) electrons. The Bertz CT molecular complexity index is 1010. The number of rotatable bonds is 7. The molecular weight excluding hydrogens is 354 g/mol. The molecule has 0 bridgehead atoms. The number of nitrogens with one attached hydrogen (secondary N) is 1. The third-order valence-corrected chi connectivity index (χ3v) is 5.07. The van der Waals surface area contributed by atoms with Crippen LogP contribution in [0.4, 0.5) is 5.13 Å². The van der Waals surface area contributed by atoms with Crippen molar-refractivity contribution in [1.29, 1.82) is 0 Å². The third-order valence-electron chi connectivity index (χ3n) is 4.17. The van der Waals surface area contributed by atoms with Crippen LogP contribution in [0.15, 0.2) is 60.5 Å². The molecule has 0 saturated carbocycles. The second-order valence-electron chi connectivity index (χ2n) is 5.99. The van der Waals surface area contributed by atoms with Gasteiger partial charge in [-0.05, 0) is 42.5 Å². The van der Waals surface area contributed by atoms with E-state index in [4.69, 9.17) is 12.2 Å². The summed E-state index contributed by atoms with van der Waals surface area (Å²) in [6, 6.07) is 8.24. The van der Waals surface area contributed by atoms with Gasteiger partial charge in [-0.15, -0.1) is 16.6 Å². The fourth-order valence-electron chi connectivity index (χ4n) is 2.70. The zero-order valence-electron chi connectivity index (χ0n) is 15.1. The third kappa shape index (κ3) is 4.79. The van der Waals surface area contributed by atoms with Crippen LogP contribution in [0.1, 0.15) is 13.3 Å². The molecule has 5 nitrogen and oxygen atoms in total. The second-order valence-corrected chi connectivity index (χ2v) is 6.97. The predicted octanol–water partition coefficient (Wildman–Crippen LogP) is 4.02. The van der Waals surface area contributed by atoms with E-state index >= 15 is 0 Å². The van der Waals surface area contributed by atoms with E-state index in [0.717, 1.165) is 38.5 Å². The van der Waals surface area contributed by atoms with Crippen LogP contribution in [0.3, 0.4) is 0 Å². The molecule has 0 saturated heterocycles. The van der Waals surface area contributed by atoms with Gasteiger partial charge in [-0.3, -0.25) is 4.98 Å². The van der Waals surface area contributed by atoms with Crippen LogP contribution in [0.5, 0.6) is 0 Å². The Morgan fingerprint density at radius 3 is 3.00 bits per heavy atom. The zero-order chi connectivity index (χ0) is 19.1. The van der Waals surface area contributed by atoms with Gasteiger partial charge in [0.1, 0.15) is 5.01 Å². The number of nitrogens with two attached hydrogens (primary N) is 1. The molecule has 2 aromatic heterocycles. The smallest absolute Gasteiger partial charge is 0.206 e. The van der Waals surface area contributed by atoms with E-state index < -0.39 is 0 Å². The molecule has 3 rings (SSSR count). The highest BCUT2D eigenvalue weighted by molar-refractivity contribution is 7.18. The van der Waals surface area contributed by atoms with Crippen LogP contribution in [0, 0.1) is 12.3 Å². The van der Waals surface area contributed by atoms with Gasteiger partial charge in [0.15, 0.2) is 0 Å². The van der Waals surface area contributed by atoms with E-state index in [9.17, 15) is 0 Å². The SMILES string of the molecule is C#C/C=C\C(=C/C)CC(CN)Nc1nnc(-c2ccc3cnccc3c2)s1. The largest absolute Gasteiger partial charge is 0.356 e. The first-order valence-corrected chi connectivity index (χ1v) is 9.47. The summed E-state index contributed by atoms with van der Waals surface area (Å²) >= 11 is 1.52. The molecule has 6 heteroatoms. The van der Waals surface area contributed by atoms with Crippen molar-refractivity contribution in [3.63, 3.8) is 0 Å². The molecule has 0 spiro atoms. The molecule has 2 heterocycles. The first-order chi connectivity index (χ1) is 13.2. The highest BCUT2D eigenvalue weighted by Crippen LogP contribution is 2.29. The van der Waals surface area contributed by atoms with Gasteiger partial charge in [-0.2, -0.15) is 0 Å². The number of fused-ring (bicyclic) bond motifs is 1. The molecular formula is C21H21N5S. The number of allylic oxidation sites excluding steroid dienone is 3. The van der Waals surface area contributed by atoms with Crippen molar-refractivity contribution in [2.45, 2.75) is 19.4 Å². The minimum atomic E-state index is 0.0575. The van der Waals surface area contributed by atoms with Crippen molar-refractivity contribution in [3.8, 4) is 22.9 Å². The van der Waals surface area contributed by atoms with Crippen LogP contribution in [-0.4, -0.2) is 27.8 Å². The Morgan fingerprint density at radius 1 is 1.33 bits per heavy atom. The van der Waals surface area contributed by atoms with Gasteiger partial charge in [0.2, 0.25) is 5.13 Å². The molecule has 0 aliphatic carbocycles. The molecule has 0 fully saturated rings. The molecule has 27 heavy (non-hydrogen) atoms. The summed E-state index contributed by atoms with van der Waals surface area (Å²) in [5, 5.41) is 15.8. The first-order valence-electron chi connectivity index (χ1n) is 8.65. The van der Waals surface area contributed by atoms with Crippen molar-refractivity contribution in [2.24, 2.45) is 5.73 Å². The van der Waals surface area contributed by atoms with Crippen molar-refractivity contribution in [3.05, 3.63) is 60.5 Å². The van der Waals surface area contributed by atoms with Crippen molar-refractivity contribution < 1.29 is 0 Å². The standard InChI is InChI=1S/C21H21N5S/c1-3-5-6-15(4-2)11-19(13-22)24-21-26-25-20(27-21)17-7-8-18-14-23-10-9-16(18)12-17/h1,4-10,12,14,19H,11,13,22H2,2H3,(H,24,26)/b6-5-,15-4+. The van der Waals surface area contributed by atoms with Gasteiger partial charge in [-0.25, -0.2) is 0 Å². The number of terminal acetylenes is 1. The summed E-state index contributed by atoms with van der Waals surface area (Å²) in [5.74, 6) is 2.51. The fraction of sp³-hybridized carbons (Fsp3) is 0.190. The van der Waals surface area contributed by atoms with Crippen LogP contribution in [0.2, 0.25) is 0 Å². The van der Waals surface area contributed by atoms with E-state index in [-0.39, 0.29) is 6.04 Å². The van der Waals surface area contributed by atoms with Gasteiger partial charge in [0, 0.05) is 35.9 Å². The van der Waals surface area contributed by atoms with Crippen LogP contribution < -0.4 is 11.1 Å². The first kappa shape index (κ1) is 18.8. The zero-order valence-corrected chi connectivity index (χ0v) is 15.9. The average molecular weight is 376 g/mol. The maximum absolute atomic E-state index is 5.93. The summed E-state index contributed by atoms with van der Waals surface area (Å²) in [5.41, 5.74) is 8.09. The molecule has 3 aromatic rings. The lowest BCUT2D eigenvalue weighted by molar-refractivity contribution is 0.723. The molecule has 0 aliphatic heterocycles. The number of anilines is 1. The Kier molecular flexibility index (Phi) is 6.31. The molecule has 0 amide bonds. The fourth-order valence-corrected chi connectivity index (χ4v) is 3.52. The summed E-state index contributed by atoms with van der Waals surface area (Å²) < 4.78 is 0. The molecule has 3 N–H and O–H groups in total. The lowest BCUT2D eigenvalue weighted by Crippen LogP contribution is -2.29. The van der Waals surface area contributed by atoms with E-state index in [1.54, 1.807) is 12.3 Å². The summed E-state index contributed by atoms with van der Waals surface area (Å²) in [6.45, 7) is 2.47. The Balaban J connectivity index is 1.74. The number of aromatic nitrogens is 3. The van der Waals surface area contributed by atoms with Gasteiger partial charge >= 0.3 is 0 Å². The quantitative estimate of drug-likeness (QED) is 0.482. The highest BCUT2D eigenvalue weighted by Gasteiger charge is 2.13. The van der Waals surface area contributed by atoms with Crippen LogP contribution >= 0.6 is 11.3 Å². The number of nitrogens with zero attached hydrogens (tertiary/aromatic N) is 3. The Morgan fingerprint density at radius 2 is 2.22 bits per heavy atom.